The topological polar surface area (TPSA) is 57.2 Å². The largest absolute Gasteiger partial charge is 0.369 e. The lowest BCUT2D eigenvalue weighted by Gasteiger charge is -2.00. The Labute approximate surface area is 81.5 Å². The van der Waals surface area contributed by atoms with Gasteiger partial charge in [-0.25, -0.2) is 15.0 Å². The van der Waals surface area contributed by atoms with E-state index in [0.717, 1.165) is 11.0 Å². The summed E-state index contributed by atoms with van der Waals surface area (Å²) >= 11 is 0. The van der Waals surface area contributed by atoms with Gasteiger partial charge in [0.25, 0.3) is 5.95 Å². The summed E-state index contributed by atoms with van der Waals surface area (Å²) in [4.78, 5) is 17.3. The molecule has 5 nitrogen and oxygen atoms in total. The van der Waals surface area contributed by atoms with E-state index in [4.69, 9.17) is 0 Å². The minimum absolute atomic E-state index is 0.478. The van der Waals surface area contributed by atoms with E-state index in [9.17, 15) is 0 Å². The Hall–Kier alpha value is -1.91. The minimum atomic E-state index is 0.478. The van der Waals surface area contributed by atoms with E-state index in [1.165, 1.54) is 0 Å². The molecule has 14 heavy (non-hydrogen) atoms. The normalized spacial score (nSPS) is 11.3. The van der Waals surface area contributed by atoms with Crippen molar-refractivity contribution in [3.63, 3.8) is 0 Å². The van der Waals surface area contributed by atoms with Crippen LogP contribution >= 0.6 is 0 Å². The summed E-state index contributed by atoms with van der Waals surface area (Å²) in [6.07, 6.45) is 5.23. The lowest BCUT2D eigenvalue weighted by atomic mass is 10.5. The lowest BCUT2D eigenvalue weighted by molar-refractivity contribution is 0.642. The lowest BCUT2D eigenvalue weighted by Crippen LogP contribution is -2.07. The quantitative estimate of drug-likeness (QED) is 0.570. The Bertz CT molecular complexity index is 457. The van der Waals surface area contributed by atoms with Crippen molar-refractivity contribution in [2.24, 2.45) is 4.99 Å². The van der Waals surface area contributed by atoms with Crippen LogP contribution in [0.1, 0.15) is 0 Å². The van der Waals surface area contributed by atoms with Crippen molar-refractivity contribution in [1.29, 1.82) is 0 Å². The maximum Gasteiger partial charge on any atom is 0.251 e. The average molecular weight is 189 g/mol. The molecular formula is C9H11N5. The molecule has 2 aromatic rings. The van der Waals surface area contributed by atoms with Crippen molar-refractivity contribution in [2.45, 2.75) is 0 Å². The number of nitrogens with one attached hydrogen (secondary N) is 1. The number of nitrogens with zero attached hydrogens (tertiary/aromatic N) is 4. The number of H-pyrrole nitrogens is 1. The van der Waals surface area contributed by atoms with Gasteiger partial charge in [-0.2, -0.15) is 0 Å². The van der Waals surface area contributed by atoms with Gasteiger partial charge in [0.05, 0.1) is 23.6 Å². The summed E-state index contributed by atoms with van der Waals surface area (Å²) in [5, 5.41) is 0. The summed E-state index contributed by atoms with van der Waals surface area (Å²) < 4.78 is 0. The SMILES string of the molecule is CN(C)C=Nc1ncc2[nH]ccc2n1. The predicted molar refractivity (Wildman–Crippen MR) is 55.7 cm³/mol. The third-order valence-corrected chi connectivity index (χ3v) is 1.69. The van der Waals surface area contributed by atoms with Gasteiger partial charge < -0.3 is 9.88 Å². The highest BCUT2D eigenvalue weighted by Gasteiger charge is 1.97. The Balaban J connectivity index is 2.34. The van der Waals surface area contributed by atoms with Crippen molar-refractivity contribution >= 4 is 23.3 Å². The van der Waals surface area contributed by atoms with E-state index in [0.29, 0.717) is 5.95 Å². The molecule has 2 heterocycles. The van der Waals surface area contributed by atoms with E-state index in [2.05, 4.69) is 19.9 Å². The Kier molecular flexibility index (Phi) is 2.14. The van der Waals surface area contributed by atoms with Crippen LogP contribution in [0.3, 0.4) is 0 Å². The van der Waals surface area contributed by atoms with Gasteiger partial charge in [-0.05, 0) is 6.07 Å². The second-order valence-electron chi connectivity index (χ2n) is 3.15. The number of aliphatic imine (C=N–C) groups is 1. The summed E-state index contributed by atoms with van der Waals surface area (Å²) in [6, 6.07) is 1.89. The monoisotopic (exact) mass is 189 g/mol. The zero-order chi connectivity index (χ0) is 9.97. The van der Waals surface area contributed by atoms with Gasteiger partial charge in [0.2, 0.25) is 0 Å². The van der Waals surface area contributed by atoms with Crippen LogP contribution in [-0.2, 0) is 0 Å². The Morgan fingerprint density at radius 2 is 2.36 bits per heavy atom. The Morgan fingerprint density at radius 3 is 3.14 bits per heavy atom. The molecule has 2 rings (SSSR count). The van der Waals surface area contributed by atoms with Crippen molar-refractivity contribution in [3.05, 3.63) is 18.5 Å². The molecule has 0 amide bonds. The maximum absolute atomic E-state index is 4.24. The molecule has 0 unspecified atom stereocenters. The molecule has 0 saturated carbocycles. The van der Waals surface area contributed by atoms with Crippen LogP contribution in [0.5, 0.6) is 0 Å². The maximum atomic E-state index is 4.24. The van der Waals surface area contributed by atoms with Crippen molar-refractivity contribution < 1.29 is 0 Å². The molecule has 0 aliphatic carbocycles. The number of aromatic amines is 1. The zero-order valence-corrected chi connectivity index (χ0v) is 8.10. The van der Waals surface area contributed by atoms with Gasteiger partial charge in [0, 0.05) is 20.3 Å². The van der Waals surface area contributed by atoms with Crippen LogP contribution < -0.4 is 0 Å². The second kappa shape index (κ2) is 3.45. The van der Waals surface area contributed by atoms with Gasteiger partial charge in [-0.15, -0.1) is 0 Å². The number of hydrogen-bond acceptors (Lipinski definition) is 3. The fraction of sp³-hybridized carbons (Fsp3) is 0.222. The van der Waals surface area contributed by atoms with E-state index in [1.807, 2.05) is 31.3 Å². The second-order valence-corrected chi connectivity index (χ2v) is 3.15. The number of aromatic nitrogens is 3. The van der Waals surface area contributed by atoms with Crippen LogP contribution in [0.15, 0.2) is 23.5 Å². The highest BCUT2D eigenvalue weighted by Crippen LogP contribution is 2.11. The molecule has 0 aliphatic heterocycles. The molecule has 0 fully saturated rings. The van der Waals surface area contributed by atoms with Crippen molar-refractivity contribution in [1.82, 2.24) is 19.9 Å². The van der Waals surface area contributed by atoms with E-state index < -0.39 is 0 Å². The average Bonchev–Trinajstić information content (AvgIpc) is 2.61. The molecule has 0 spiro atoms. The van der Waals surface area contributed by atoms with Gasteiger partial charge >= 0.3 is 0 Å². The first-order valence-electron chi connectivity index (χ1n) is 4.26. The molecule has 2 aromatic heterocycles. The fourth-order valence-electron chi connectivity index (χ4n) is 1.06. The van der Waals surface area contributed by atoms with Crippen LogP contribution in [0, 0.1) is 0 Å². The number of hydrogen-bond donors (Lipinski definition) is 1. The first-order chi connectivity index (χ1) is 6.75. The number of rotatable bonds is 2. The first kappa shape index (κ1) is 8.68. The highest BCUT2D eigenvalue weighted by atomic mass is 15.1. The summed E-state index contributed by atoms with van der Waals surface area (Å²) in [6.45, 7) is 0. The van der Waals surface area contributed by atoms with Gasteiger partial charge in [0.1, 0.15) is 0 Å². The third-order valence-electron chi connectivity index (χ3n) is 1.69. The predicted octanol–water partition coefficient (Wildman–Crippen LogP) is 1.18. The molecule has 0 bridgehead atoms. The van der Waals surface area contributed by atoms with Crippen molar-refractivity contribution in [2.75, 3.05) is 14.1 Å². The molecular weight excluding hydrogens is 178 g/mol. The van der Waals surface area contributed by atoms with E-state index in [1.54, 1.807) is 12.5 Å². The molecule has 0 aromatic carbocycles. The zero-order valence-electron chi connectivity index (χ0n) is 8.10. The molecule has 0 atom stereocenters. The summed E-state index contributed by atoms with van der Waals surface area (Å²) in [5.41, 5.74) is 1.81. The highest BCUT2D eigenvalue weighted by molar-refractivity contribution is 5.74. The third kappa shape index (κ3) is 1.71. The van der Waals surface area contributed by atoms with Gasteiger partial charge in [-0.3, -0.25) is 0 Å². The molecule has 5 heteroatoms. The van der Waals surface area contributed by atoms with Crippen LogP contribution in [0.4, 0.5) is 5.95 Å². The number of fused-ring (bicyclic) bond motifs is 1. The minimum Gasteiger partial charge on any atom is -0.369 e. The van der Waals surface area contributed by atoms with Gasteiger partial charge in [0.15, 0.2) is 0 Å². The van der Waals surface area contributed by atoms with Crippen molar-refractivity contribution in [3.8, 4) is 0 Å². The summed E-state index contributed by atoms with van der Waals surface area (Å²) in [7, 11) is 3.80. The molecule has 1 N–H and O–H groups in total. The van der Waals surface area contributed by atoms with Crippen LogP contribution in [0.2, 0.25) is 0 Å². The molecule has 72 valence electrons. The summed E-state index contributed by atoms with van der Waals surface area (Å²) in [5.74, 6) is 0.478. The molecule has 0 aliphatic rings. The van der Waals surface area contributed by atoms with Crippen LogP contribution in [-0.4, -0.2) is 40.3 Å². The molecule has 0 radical (unpaired) electrons. The fourth-order valence-corrected chi connectivity index (χ4v) is 1.06. The Morgan fingerprint density at radius 1 is 1.50 bits per heavy atom. The standard InChI is InChI=1S/C9H11N5/c1-14(2)6-12-9-11-5-8-7(13-9)3-4-10-8/h3-6,10H,1-2H3. The van der Waals surface area contributed by atoms with Gasteiger partial charge in [-0.1, -0.05) is 0 Å². The molecule has 0 saturated heterocycles. The van der Waals surface area contributed by atoms with E-state index in [-0.39, 0.29) is 0 Å². The first-order valence-corrected chi connectivity index (χ1v) is 4.26. The van der Waals surface area contributed by atoms with Crippen LogP contribution in [0.25, 0.3) is 11.0 Å². The smallest absolute Gasteiger partial charge is 0.251 e. The van der Waals surface area contributed by atoms with E-state index >= 15 is 0 Å².